The van der Waals surface area contributed by atoms with Crippen LogP contribution >= 0.6 is 0 Å². The topological polar surface area (TPSA) is 206 Å². The van der Waals surface area contributed by atoms with Crippen LogP contribution in [0.4, 0.5) is 11.4 Å². The zero-order chi connectivity index (χ0) is 34.5. The molecule has 2 aromatic carbocycles. The van der Waals surface area contributed by atoms with Gasteiger partial charge in [0.2, 0.25) is 11.7 Å². The van der Waals surface area contributed by atoms with E-state index < -0.39 is 75.7 Å². The number of likely N-dealkylation sites (N-methyl/N-ethyl adjacent to an activating group) is 1. The van der Waals surface area contributed by atoms with Crippen molar-refractivity contribution in [1.82, 2.24) is 10.2 Å². The third-order valence-corrected chi connectivity index (χ3v) is 9.32. The highest BCUT2D eigenvalue weighted by Gasteiger charge is 2.63. The van der Waals surface area contributed by atoms with Crippen LogP contribution in [-0.4, -0.2) is 95.1 Å². The van der Waals surface area contributed by atoms with Crippen LogP contribution in [0.5, 0.6) is 5.75 Å². The van der Waals surface area contributed by atoms with Crippen LogP contribution in [0.15, 0.2) is 71.7 Å². The molecule has 5 atom stereocenters. The van der Waals surface area contributed by atoms with Gasteiger partial charge >= 0.3 is 0 Å². The van der Waals surface area contributed by atoms with Crippen LogP contribution in [0.25, 0.3) is 0 Å². The molecule has 13 heteroatoms. The number of hydrogen-bond donors (Lipinski definition) is 7. The molecule has 0 radical (unpaired) electrons. The van der Waals surface area contributed by atoms with Crippen LogP contribution in [0.2, 0.25) is 0 Å². The van der Waals surface area contributed by atoms with Crippen LogP contribution < -0.4 is 21.3 Å². The number of nitrogens with two attached hydrogens (primary N) is 1. The normalized spacial score (nSPS) is 24.3. The summed E-state index contributed by atoms with van der Waals surface area (Å²) in [6.07, 6.45) is 1.72. The maximum absolute atomic E-state index is 14.0. The number of ketones is 2. The van der Waals surface area contributed by atoms with Gasteiger partial charge in [-0.1, -0.05) is 24.3 Å². The van der Waals surface area contributed by atoms with E-state index in [9.17, 15) is 39.6 Å². The molecule has 0 aliphatic heterocycles. The fraction of sp³-hybridized carbons (Fsp3) is 0.353. The molecule has 4 unspecified atom stereocenters. The molecule has 3 aliphatic carbocycles. The number of aromatic hydroxyl groups is 1. The molecule has 13 nitrogen and oxygen atoms in total. The fourth-order valence-electron chi connectivity index (χ4n) is 7.06. The number of rotatable bonds is 9. The Bertz CT molecular complexity index is 1750. The van der Waals surface area contributed by atoms with E-state index in [4.69, 9.17) is 5.73 Å². The van der Waals surface area contributed by atoms with Gasteiger partial charge in [0.25, 0.3) is 5.91 Å². The number of anilines is 2. The minimum Gasteiger partial charge on any atom is -0.510 e. The first-order chi connectivity index (χ1) is 22.1. The number of amides is 2. The van der Waals surface area contributed by atoms with Gasteiger partial charge in [0.1, 0.15) is 23.1 Å². The predicted molar refractivity (Wildman–Crippen MR) is 174 cm³/mol. The van der Waals surface area contributed by atoms with Crippen molar-refractivity contribution in [3.05, 3.63) is 88.4 Å². The Morgan fingerprint density at radius 3 is 2.32 bits per heavy atom. The van der Waals surface area contributed by atoms with Crippen LogP contribution in [0, 0.1) is 11.8 Å². The smallest absolute Gasteiger partial charge is 0.255 e. The molecule has 0 heterocycles. The van der Waals surface area contributed by atoms with Gasteiger partial charge in [-0.2, -0.15) is 0 Å². The second-order valence-electron chi connectivity index (χ2n) is 12.6. The summed E-state index contributed by atoms with van der Waals surface area (Å²) in [5.74, 6) is -7.92. The van der Waals surface area contributed by atoms with Crippen molar-refractivity contribution in [3.8, 4) is 5.75 Å². The SMILES string of the molecule is C=CCNC(C(=O)Nc1ccc2c(c1O)C(=O)C1=C(O)C3(O)C(=O)C(C(N)=O)=C(O)[C@@H](N(C)C)C3CC1C2)c1ccc(N(C)C)cc1. The number of phenolic OH excluding ortho intramolecular Hbond substituents is 1. The molecule has 0 bridgehead atoms. The highest BCUT2D eigenvalue weighted by Crippen LogP contribution is 2.52. The number of benzene rings is 2. The van der Waals surface area contributed by atoms with Crippen molar-refractivity contribution < 1.29 is 39.6 Å². The maximum atomic E-state index is 14.0. The first-order valence-electron chi connectivity index (χ1n) is 15.1. The van der Waals surface area contributed by atoms with E-state index >= 15 is 0 Å². The van der Waals surface area contributed by atoms with E-state index in [0.717, 1.165) is 5.69 Å². The number of aliphatic hydroxyl groups excluding tert-OH is 2. The number of nitrogens with one attached hydrogen (secondary N) is 2. The first-order valence-corrected chi connectivity index (χ1v) is 15.1. The molecule has 0 saturated carbocycles. The lowest BCUT2D eigenvalue weighted by Crippen LogP contribution is -2.63. The fourth-order valence-corrected chi connectivity index (χ4v) is 7.06. The number of allylic oxidation sites excluding steroid dienone is 1. The maximum Gasteiger partial charge on any atom is 0.255 e. The molecule has 248 valence electrons. The monoisotopic (exact) mass is 645 g/mol. The Hall–Kier alpha value is -4.98. The van der Waals surface area contributed by atoms with Crippen molar-refractivity contribution in [3.63, 3.8) is 0 Å². The van der Waals surface area contributed by atoms with Gasteiger partial charge in [-0.05, 0) is 62.2 Å². The summed E-state index contributed by atoms with van der Waals surface area (Å²) in [4.78, 5) is 56.7. The average Bonchev–Trinajstić information content (AvgIpc) is 3.00. The quantitative estimate of drug-likeness (QED) is 0.119. The number of fused-ring (bicyclic) bond motifs is 3. The second kappa shape index (κ2) is 12.3. The molecule has 0 aromatic heterocycles. The van der Waals surface area contributed by atoms with Gasteiger partial charge in [-0.25, -0.2) is 0 Å². The molecular weight excluding hydrogens is 606 g/mol. The molecule has 47 heavy (non-hydrogen) atoms. The summed E-state index contributed by atoms with van der Waals surface area (Å²) >= 11 is 0. The van der Waals surface area contributed by atoms with Crippen LogP contribution in [-0.2, 0) is 20.8 Å². The molecule has 5 rings (SSSR count). The lowest BCUT2D eigenvalue weighted by atomic mass is 9.58. The number of phenols is 1. The molecule has 0 fully saturated rings. The summed E-state index contributed by atoms with van der Waals surface area (Å²) in [5.41, 5.74) is 3.25. The minimum atomic E-state index is -2.74. The van der Waals surface area contributed by atoms with Gasteiger partial charge in [0.15, 0.2) is 17.1 Å². The van der Waals surface area contributed by atoms with E-state index in [2.05, 4.69) is 17.2 Å². The van der Waals surface area contributed by atoms with Crippen LogP contribution in [0.3, 0.4) is 0 Å². The highest BCUT2D eigenvalue weighted by atomic mass is 16.3. The van der Waals surface area contributed by atoms with Crippen molar-refractivity contribution in [2.75, 3.05) is 45.0 Å². The van der Waals surface area contributed by atoms with Crippen molar-refractivity contribution in [1.29, 1.82) is 0 Å². The van der Waals surface area contributed by atoms with Gasteiger partial charge in [0.05, 0.1) is 17.3 Å². The molecule has 2 amide bonds. The van der Waals surface area contributed by atoms with E-state index in [1.54, 1.807) is 38.4 Å². The number of carbonyl (C=O) groups excluding carboxylic acids is 4. The molecule has 2 aromatic rings. The Morgan fingerprint density at radius 2 is 1.74 bits per heavy atom. The standard InChI is InChI=1S/C34H39N5O8/c1-6-13-36-25(16-7-10-19(11-8-16)38(2)3)33(46)37-21-12-9-17-14-18-15-20-26(39(4)5)29(42)24(32(35)45)31(44)34(20,47)30(43)23(18)28(41)22(17)27(21)40/h6-12,18,20,25-26,36,40,42-43,47H,1,13-15H2,2-5H3,(H2,35,45)(H,37,46)/t18?,20?,25?,26-,34?/m0/s1. The number of primary amides is 1. The second-order valence-corrected chi connectivity index (χ2v) is 12.6. The molecule has 0 spiro atoms. The number of Topliss-reactive ketones (excluding diaryl/α,β-unsaturated/α-hetero) is 2. The summed E-state index contributed by atoms with van der Waals surface area (Å²) in [5, 5.41) is 51.3. The van der Waals surface area contributed by atoms with Gasteiger partial charge in [-0.15, -0.1) is 6.58 Å². The number of carbonyl (C=O) groups is 4. The third-order valence-electron chi connectivity index (χ3n) is 9.32. The van der Waals surface area contributed by atoms with Crippen molar-refractivity contribution in [2.24, 2.45) is 17.6 Å². The average molecular weight is 646 g/mol. The van der Waals surface area contributed by atoms with E-state index in [1.807, 2.05) is 31.1 Å². The zero-order valence-electron chi connectivity index (χ0n) is 26.6. The first kappa shape index (κ1) is 33.4. The number of hydrogen-bond acceptors (Lipinski definition) is 11. The van der Waals surface area contributed by atoms with E-state index in [1.165, 1.54) is 11.0 Å². The third kappa shape index (κ3) is 5.35. The van der Waals surface area contributed by atoms with Gasteiger partial charge in [-0.3, -0.25) is 29.4 Å². The highest BCUT2D eigenvalue weighted by molar-refractivity contribution is 6.25. The van der Waals surface area contributed by atoms with E-state index in [-0.39, 0.29) is 29.7 Å². The Morgan fingerprint density at radius 1 is 1.09 bits per heavy atom. The molecule has 8 N–H and O–H groups in total. The van der Waals surface area contributed by atoms with Gasteiger partial charge in [0, 0.05) is 37.8 Å². The summed E-state index contributed by atoms with van der Waals surface area (Å²) in [6, 6.07) is 8.47. The molecular formula is C34H39N5O8. The van der Waals surface area contributed by atoms with Crippen LogP contribution in [0.1, 0.15) is 33.9 Å². The predicted octanol–water partition coefficient (Wildman–Crippen LogP) is 1.64. The zero-order valence-corrected chi connectivity index (χ0v) is 26.6. The number of aliphatic hydroxyl groups is 3. The summed E-state index contributed by atoms with van der Waals surface area (Å²) < 4.78 is 0. The Kier molecular flexibility index (Phi) is 8.75. The molecule has 3 aliphatic rings. The Balaban J connectivity index is 1.52. The van der Waals surface area contributed by atoms with E-state index in [0.29, 0.717) is 17.7 Å². The largest absolute Gasteiger partial charge is 0.510 e. The summed E-state index contributed by atoms with van der Waals surface area (Å²) in [7, 11) is 6.93. The van der Waals surface area contributed by atoms with Crippen molar-refractivity contribution in [2.45, 2.75) is 30.5 Å². The minimum absolute atomic E-state index is 0.0196. The van der Waals surface area contributed by atoms with Gasteiger partial charge < -0.3 is 36.4 Å². The lowest BCUT2D eigenvalue weighted by molar-refractivity contribution is -0.148. The Labute approximate surface area is 271 Å². The van der Waals surface area contributed by atoms with Crippen molar-refractivity contribution >= 4 is 34.8 Å². The molecule has 0 saturated heterocycles. The summed E-state index contributed by atoms with van der Waals surface area (Å²) in [6.45, 7) is 4.00. The number of nitrogens with zero attached hydrogens (tertiary/aromatic N) is 2. The lowest BCUT2D eigenvalue weighted by Gasteiger charge is -2.50.